The van der Waals surface area contributed by atoms with Gasteiger partial charge in [-0.05, 0) is 17.7 Å². The minimum Gasteiger partial charge on any atom is -0.428 e. The number of carbonyl (C=O) groups excluding carboxylic acids is 1. The van der Waals surface area contributed by atoms with Crippen molar-refractivity contribution in [3.8, 4) is 5.75 Å². The van der Waals surface area contributed by atoms with Gasteiger partial charge in [-0.25, -0.2) is 0 Å². The average Bonchev–Trinajstić information content (AvgIpc) is 2.48. The molecule has 2 nitrogen and oxygen atoms in total. The molecule has 0 bridgehead atoms. The standard InChI is InChI=1S/C16H12F4O2/c17-15(18)16(19,20)22-13-8-4-7-12(10-13)14(21)9-11-5-2-1-3-6-11/h1-8,10,15H,9H2. The van der Waals surface area contributed by atoms with Gasteiger partial charge in [0, 0.05) is 12.0 Å². The highest BCUT2D eigenvalue weighted by molar-refractivity contribution is 5.97. The van der Waals surface area contributed by atoms with Gasteiger partial charge in [-0.15, -0.1) is 0 Å². The smallest absolute Gasteiger partial charge is 0.428 e. The summed E-state index contributed by atoms with van der Waals surface area (Å²) >= 11 is 0. The van der Waals surface area contributed by atoms with E-state index in [0.717, 1.165) is 17.7 Å². The van der Waals surface area contributed by atoms with Gasteiger partial charge in [-0.1, -0.05) is 42.5 Å². The van der Waals surface area contributed by atoms with E-state index in [9.17, 15) is 22.4 Å². The summed E-state index contributed by atoms with van der Waals surface area (Å²) in [5, 5.41) is 0. The van der Waals surface area contributed by atoms with Gasteiger partial charge in [-0.3, -0.25) is 4.79 Å². The minimum atomic E-state index is -4.60. The molecule has 0 heterocycles. The summed E-state index contributed by atoms with van der Waals surface area (Å²) in [4.78, 5) is 12.1. The van der Waals surface area contributed by atoms with Crippen molar-refractivity contribution in [2.24, 2.45) is 0 Å². The van der Waals surface area contributed by atoms with Gasteiger partial charge in [0.15, 0.2) is 5.78 Å². The summed E-state index contributed by atoms with van der Waals surface area (Å²) < 4.78 is 53.9. The average molecular weight is 312 g/mol. The molecule has 0 amide bonds. The molecule has 2 rings (SSSR count). The number of carbonyl (C=O) groups is 1. The van der Waals surface area contributed by atoms with E-state index in [1.54, 1.807) is 30.3 Å². The van der Waals surface area contributed by atoms with E-state index < -0.39 is 18.3 Å². The molecular formula is C16H12F4O2. The first kappa shape index (κ1) is 16.0. The van der Waals surface area contributed by atoms with Crippen molar-refractivity contribution < 1.29 is 27.1 Å². The quantitative estimate of drug-likeness (QED) is 0.585. The SMILES string of the molecule is O=C(Cc1ccccc1)c1cccc(OC(F)(F)C(F)F)c1. The molecule has 116 valence electrons. The summed E-state index contributed by atoms with van der Waals surface area (Å²) in [6.07, 6.45) is -8.47. The van der Waals surface area contributed by atoms with Crippen LogP contribution in [-0.4, -0.2) is 18.3 Å². The first-order valence-electron chi connectivity index (χ1n) is 6.40. The Bertz CT molecular complexity index is 642. The summed E-state index contributed by atoms with van der Waals surface area (Å²) in [6.45, 7) is 0. The fourth-order valence-corrected chi connectivity index (χ4v) is 1.82. The van der Waals surface area contributed by atoms with Crippen LogP contribution in [0.15, 0.2) is 54.6 Å². The van der Waals surface area contributed by atoms with Gasteiger partial charge in [0.2, 0.25) is 0 Å². The van der Waals surface area contributed by atoms with Crippen LogP contribution in [0, 0.1) is 0 Å². The second-order valence-electron chi connectivity index (χ2n) is 4.58. The molecule has 2 aromatic carbocycles. The van der Waals surface area contributed by atoms with E-state index in [4.69, 9.17) is 0 Å². The molecule has 2 aromatic rings. The minimum absolute atomic E-state index is 0.0789. The van der Waals surface area contributed by atoms with Crippen LogP contribution >= 0.6 is 0 Å². The van der Waals surface area contributed by atoms with Crippen LogP contribution < -0.4 is 4.74 Å². The van der Waals surface area contributed by atoms with Gasteiger partial charge >= 0.3 is 12.5 Å². The van der Waals surface area contributed by atoms with E-state index in [-0.39, 0.29) is 17.8 Å². The molecule has 0 saturated heterocycles. The maximum absolute atomic E-state index is 12.9. The molecule has 0 atom stereocenters. The Morgan fingerprint density at radius 3 is 2.36 bits per heavy atom. The Hall–Kier alpha value is -2.37. The monoisotopic (exact) mass is 312 g/mol. The third-order valence-electron chi connectivity index (χ3n) is 2.87. The molecule has 0 fully saturated rings. The number of ether oxygens (including phenoxy) is 1. The lowest BCUT2D eigenvalue weighted by Crippen LogP contribution is -2.33. The highest BCUT2D eigenvalue weighted by Gasteiger charge is 2.44. The molecule has 0 radical (unpaired) electrons. The number of hydrogen-bond acceptors (Lipinski definition) is 2. The lowest BCUT2D eigenvalue weighted by molar-refractivity contribution is -0.253. The van der Waals surface area contributed by atoms with Crippen LogP contribution in [0.4, 0.5) is 17.6 Å². The zero-order valence-corrected chi connectivity index (χ0v) is 11.3. The lowest BCUT2D eigenvalue weighted by Gasteiger charge is -2.17. The molecule has 0 N–H and O–H groups in total. The van der Waals surface area contributed by atoms with Gasteiger partial charge in [0.1, 0.15) is 5.75 Å². The van der Waals surface area contributed by atoms with E-state index >= 15 is 0 Å². The molecule has 0 aliphatic rings. The first-order chi connectivity index (χ1) is 10.4. The number of Topliss-reactive ketones (excluding diaryl/α,β-unsaturated/α-hetero) is 1. The number of ketones is 1. The fourth-order valence-electron chi connectivity index (χ4n) is 1.82. The number of halogens is 4. The van der Waals surface area contributed by atoms with E-state index in [0.29, 0.717) is 0 Å². The molecule has 0 unspecified atom stereocenters. The molecular weight excluding hydrogens is 300 g/mol. The Kier molecular flexibility index (Phi) is 4.80. The molecule has 22 heavy (non-hydrogen) atoms. The fraction of sp³-hybridized carbons (Fsp3) is 0.188. The Morgan fingerprint density at radius 1 is 1.05 bits per heavy atom. The lowest BCUT2D eigenvalue weighted by atomic mass is 10.0. The predicted molar refractivity (Wildman–Crippen MR) is 72.5 cm³/mol. The second-order valence-corrected chi connectivity index (χ2v) is 4.58. The van der Waals surface area contributed by atoms with Crippen molar-refractivity contribution in [2.45, 2.75) is 19.0 Å². The molecule has 0 aliphatic carbocycles. The largest absolute Gasteiger partial charge is 0.461 e. The summed E-state index contributed by atoms with van der Waals surface area (Å²) in [5.74, 6) is -0.804. The second kappa shape index (κ2) is 6.60. The van der Waals surface area contributed by atoms with Gasteiger partial charge in [0.25, 0.3) is 0 Å². The third-order valence-corrected chi connectivity index (χ3v) is 2.87. The van der Waals surface area contributed by atoms with Crippen LogP contribution in [0.2, 0.25) is 0 Å². The zero-order chi connectivity index (χ0) is 16.2. The Balaban J connectivity index is 2.13. The number of alkyl halides is 4. The van der Waals surface area contributed by atoms with Crippen molar-refractivity contribution in [1.82, 2.24) is 0 Å². The van der Waals surface area contributed by atoms with Gasteiger partial charge < -0.3 is 4.74 Å². The predicted octanol–water partition coefficient (Wildman–Crippen LogP) is 4.35. The summed E-state index contributed by atoms with van der Waals surface area (Å²) in [5.41, 5.74) is 0.878. The van der Waals surface area contributed by atoms with E-state index in [1.165, 1.54) is 12.1 Å². The first-order valence-corrected chi connectivity index (χ1v) is 6.40. The van der Waals surface area contributed by atoms with E-state index in [2.05, 4.69) is 4.74 Å². The summed E-state index contributed by atoms with van der Waals surface area (Å²) in [7, 11) is 0. The number of rotatable bonds is 6. The number of hydrogen-bond donors (Lipinski definition) is 0. The molecule has 0 saturated carbocycles. The van der Waals surface area contributed by atoms with Crippen molar-refractivity contribution in [1.29, 1.82) is 0 Å². The topological polar surface area (TPSA) is 26.3 Å². The van der Waals surface area contributed by atoms with E-state index in [1.807, 2.05) is 0 Å². The third kappa shape index (κ3) is 4.07. The van der Waals surface area contributed by atoms with Crippen LogP contribution in [0.3, 0.4) is 0 Å². The van der Waals surface area contributed by atoms with Crippen molar-refractivity contribution in [3.05, 3.63) is 65.7 Å². The molecule has 0 aromatic heterocycles. The van der Waals surface area contributed by atoms with Crippen LogP contribution in [-0.2, 0) is 6.42 Å². The highest BCUT2D eigenvalue weighted by atomic mass is 19.3. The van der Waals surface area contributed by atoms with Gasteiger partial charge in [-0.2, -0.15) is 17.6 Å². The van der Waals surface area contributed by atoms with Crippen LogP contribution in [0.1, 0.15) is 15.9 Å². The number of benzene rings is 2. The van der Waals surface area contributed by atoms with Crippen molar-refractivity contribution >= 4 is 5.78 Å². The maximum Gasteiger partial charge on any atom is 0.461 e. The Labute approximate surface area is 124 Å². The summed E-state index contributed by atoms with van der Waals surface area (Å²) in [6, 6.07) is 13.7. The van der Waals surface area contributed by atoms with Crippen molar-refractivity contribution in [3.63, 3.8) is 0 Å². The van der Waals surface area contributed by atoms with Gasteiger partial charge in [0.05, 0.1) is 0 Å². The molecule has 6 heteroatoms. The zero-order valence-electron chi connectivity index (χ0n) is 11.3. The van der Waals surface area contributed by atoms with Crippen molar-refractivity contribution in [2.75, 3.05) is 0 Å². The highest BCUT2D eigenvalue weighted by Crippen LogP contribution is 2.28. The normalized spacial score (nSPS) is 11.5. The van der Waals surface area contributed by atoms with Crippen LogP contribution in [0.25, 0.3) is 0 Å². The Morgan fingerprint density at radius 2 is 1.73 bits per heavy atom. The molecule has 0 aliphatic heterocycles. The maximum atomic E-state index is 12.9. The van der Waals surface area contributed by atoms with Crippen LogP contribution in [0.5, 0.6) is 5.75 Å². The molecule has 0 spiro atoms.